The van der Waals surface area contributed by atoms with Crippen LogP contribution in [0.4, 0.5) is 22.4 Å². The standard InChI is InChI=1S/C24H25N7O2/c1-14-6-3-4-9-18(14)26-22-28-19(27-21(25)29-22)13-31-20(32)24(2,30-23(31)33)17-11-10-15-7-5-8-16(15)12-17/h3-4,6,9-12H,5,7-8,13H2,1-2H3,(H,30,33)(H3,25,26,27,28,29)/t24-/m0/s1. The lowest BCUT2D eigenvalue weighted by molar-refractivity contribution is -0.131. The molecule has 0 unspecified atom stereocenters. The average molecular weight is 444 g/mol. The number of imide groups is 1. The maximum Gasteiger partial charge on any atom is 0.325 e. The van der Waals surface area contributed by atoms with Gasteiger partial charge in [0.15, 0.2) is 5.82 Å². The molecule has 3 amide bonds. The highest BCUT2D eigenvalue weighted by atomic mass is 16.2. The van der Waals surface area contributed by atoms with Gasteiger partial charge in [-0.1, -0.05) is 36.4 Å². The maximum atomic E-state index is 13.4. The molecular formula is C24H25N7O2. The van der Waals surface area contributed by atoms with Gasteiger partial charge in [0, 0.05) is 5.69 Å². The Labute approximate surface area is 191 Å². The summed E-state index contributed by atoms with van der Waals surface area (Å²) in [4.78, 5) is 39.9. The van der Waals surface area contributed by atoms with Crippen LogP contribution in [0.2, 0.25) is 0 Å². The Morgan fingerprint density at radius 3 is 2.70 bits per heavy atom. The fraction of sp³-hybridized carbons (Fsp3) is 0.292. The largest absolute Gasteiger partial charge is 0.368 e. The summed E-state index contributed by atoms with van der Waals surface area (Å²) in [6, 6.07) is 13.2. The van der Waals surface area contributed by atoms with Crippen LogP contribution in [-0.2, 0) is 29.7 Å². The van der Waals surface area contributed by atoms with Gasteiger partial charge < -0.3 is 16.4 Å². The third-order valence-corrected chi connectivity index (χ3v) is 6.34. The lowest BCUT2D eigenvalue weighted by atomic mass is 9.89. The van der Waals surface area contributed by atoms with Crippen molar-refractivity contribution in [1.82, 2.24) is 25.2 Å². The van der Waals surface area contributed by atoms with Gasteiger partial charge in [-0.3, -0.25) is 9.69 Å². The van der Waals surface area contributed by atoms with Crippen molar-refractivity contribution in [3.63, 3.8) is 0 Å². The van der Waals surface area contributed by atoms with Crippen molar-refractivity contribution in [2.24, 2.45) is 0 Å². The third-order valence-electron chi connectivity index (χ3n) is 6.34. The normalized spacial score (nSPS) is 19.5. The molecule has 1 atom stereocenters. The molecule has 1 aromatic heterocycles. The van der Waals surface area contributed by atoms with Crippen molar-refractivity contribution >= 4 is 29.5 Å². The van der Waals surface area contributed by atoms with Crippen LogP contribution in [0.25, 0.3) is 0 Å². The smallest absolute Gasteiger partial charge is 0.325 e. The lowest BCUT2D eigenvalue weighted by Gasteiger charge is -2.23. The van der Waals surface area contributed by atoms with E-state index in [0.717, 1.165) is 41.0 Å². The summed E-state index contributed by atoms with van der Waals surface area (Å²) in [6.45, 7) is 3.58. The van der Waals surface area contributed by atoms with Crippen LogP contribution >= 0.6 is 0 Å². The van der Waals surface area contributed by atoms with Gasteiger partial charge in [-0.2, -0.15) is 15.0 Å². The number of aromatic nitrogens is 3. The fourth-order valence-electron chi connectivity index (χ4n) is 4.46. The van der Waals surface area contributed by atoms with Gasteiger partial charge in [-0.25, -0.2) is 4.79 Å². The molecule has 2 heterocycles. The molecule has 0 saturated carbocycles. The van der Waals surface area contributed by atoms with Crippen LogP contribution in [0.1, 0.15) is 41.4 Å². The molecule has 1 aliphatic heterocycles. The molecule has 9 nitrogen and oxygen atoms in total. The average Bonchev–Trinajstić information content (AvgIpc) is 3.33. The van der Waals surface area contributed by atoms with E-state index < -0.39 is 11.6 Å². The predicted molar refractivity (Wildman–Crippen MR) is 124 cm³/mol. The second kappa shape index (κ2) is 7.84. The first-order valence-corrected chi connectivity index (χ1v) is 10.9. The monoisotopic (exact) mass is 443 g/mol. The molecule has 9 heteroatoms. The number of para-hydroxylation sites is 1. The molecule has 33 heavy (non-hydrogen) atoms. The van der Waals surface area contributed by atoms with Crippen molar-refractivity contribution in [2.75, 3.05) is 11.1 Å². The van der Waals surface area contributed by atoms with Crippen molar-refractivity contribution in [1.29, 1.82) is 0 Å². The van der Waals surface area contributed by atoms with Crippen LogP contribution in [0.3, 0.4) is 0 Å². The highest BCUT2D eigenvalue weighted by Gasteiger charge is 2.49. The molecule has 5 rings (SSSR count). The molecule has 2 aliphatic rings. The minimum absolute atomic E-state index is 0.00419. The molecule has 1 aliphatic carbocycles. The quantitative estimate of drug-likeness (QED) is 0.518. The lowest BCUT2D eigenvalue weighted by Crippen LogP contribution is -2.41. The Morgan fingerprint density at radius 1 is 1.09 bits per heavy atom. The van der Waals surface area contributed by atoms with Crippen LogP contribution < -0.4 is 16.4 Å². The number of benzene rings is 2. The van der Waals surface area contributed by atoms with E-state index in [1.54, 1.807) is 6.92 Å². The van der Waals surface area contributed by atoms with E-state index in [0.29, 0.717) is 0 Å². The molecule has 0 radical (unpaired) electrons. The zero-order valence-electron chi connectivity index (χ0n) is 18.6. The number of carbonyl (C=O) groups is 2. The Hall–Kier alpha value is -4.01. The van der Waals surface area contributed by atoms with E-state index in [1.165, 1.54) is 11.1 Å². The number of hydrogen-bond donors (Lipinski definition) is 3. The molecule has 3 aromatic rings. The summed E-state index contributed by atoms with van der Waals surface area (Å²) in [7, 11) is 0. The summed E-state index contributed by atoms with van der Waals surface area (Å²) >= 11 is 0. The number of anilines is 3. The van der Waals surface area contributed by atoms with Gasteiger partial charge in [-0.15, -0.1) is 0 Å². The summed E-state index contributed by atoms with van der Waals surface area (Å²) in [5.41, 5.74) is 9.91. The van der Waals surface area contributed by atoms with E-state index in [2.05, 4.69) is 31.7 Å². The predicted octanol–water partition coefficient (Wildman–Crippen LogP) is 2.96. The van der Waals surface area contributed by atoms with Crippen LogP contribution in [0, 0.1) is 6.92 Å². The van der Waals surface area contributed by atoms with Crippen molar-refractivity contribution < 1.29 is 9.59 Å². The number of rotatable bonds is 5. The molecule has 168 valence electrons. The number of carbonyl (C=O) groups excluding carboxylic acids is 2. The molecule has 0 bridgehead atoms. The van der Waals surface area contributed by atoms with Crippen LogP contribution in [0.15, 0.2) is 42.5 Å². The highest BCUT2D eigenvalue weighted by Crippen LogP contribution is 2.33. The maximum absolute atomic E-state index is 13.4. The number of nitrogens with two attached hydrogens (primary N) is 1. The van der Waals surface area contributed by atoms with Crippen LogP contribution in [0.5, 0.6) is 0 Å². The number of urea groups is 1. The SMILES string of the molecule is Cc1ccccc1Nc1nc(N)nc(CN2C(=O)N[C@@](C)(c3ccc4c(c3)CCC4)C2=O)n1. The number of fused-ring (bicyclic) bond motifs is 1. The first-order valence-electron chi connectivity index (χ1n) is 10.9. The Bertz CT molecular complexity index is 1280. The van der Waals surface area contributed by atoms with Gasteiger partial charge in [0.25, 0.3) is 5.91 Å². The van der Waals surface area contributed by atoms with Gasteiger partial charge in [0.1, 0.15) is 5.54 Å². The molecule has 0 spiro atoms. The Balaban J connectivity index is 1.39. The number of nitrogens with one attached hydrogen (secondary N) is 2. The van der Waals surface area contributed by atoms with Gasteiger partial charge >= 0.3 is 6.03 Å². The van der Waals surface area contributed by atoms with E-state index in [4.69, 9.17) is 5.73 Å². The number of amides is 3. The topological polar surface area (TPSA) is 126 Å². The number of aryl methyl sites for hydroxylation is 3. The summed E-state index contributed by atoms with van der Waals surface area (Å²) in [5.74, 6) is 0.128. The minimum Gasteiger partial charge on any atom is -0.368 e. The molecule has 2 aromatic carbocycles. The van der Waals surface area contributed by atoms with Gasteiger partial charge in [0.2, 0.25) is 11.9 Å². The number of nitrogen functional groups attached to an aromatic ring is 1. The first kappa shape index (κ1) is 20.9. The molecule has 4 N–H and O–H groups in total. The van der Waals surface area contributed by atoms with Crippen molar-refractivity contribution in [3.8, 4) is 0 Å². The van der Waals surface area contributed by atoms with Crippen molar-refractivity contribution in [3.05, 3.63) is 70.5 Å². The van der Waals surface area contributed by atoms with Gasteiger partial charge in [0.05, 0.1) is 6.54 Å². The Kier molecular flexibility index (Phi) is 4.96. The molecule has 1 fully saturated rings. The number of hydrogen-bond acceptors (Lipinski definition) is 7. The van der Waals surface area contributed by atoms with E-state index in [-0.39, 0.29) is 30.2 Å². The fourth-order valence-corrected chi connectivity index (χ4v) is 4.46. The van der Waals surface area contributed by atoms with Gasteiger partial charge in [-0.05, 0) is 61.4 Å². The van der Waals surface area contributed by atoms with E-state index in [1.807, 2.05) is 43.3 Å². The van der Waals surface area contributed by atoms with E-state index >= 15 is 0 Å². The third kappa shape index (κ3) is 3.75. The second-order valence-electron chi connectivity index (χ2n) is 8.66. The summed E-state index contributed by atoms with van der Waals surface area (Å²) < 4.78 is 0. The van der Waals surface area contributed by atoms with E-state index in [9.17, 15) is 9.59 Å². The Morgan fingerprint density at radius 2 is 1.88 bits per heavy atom. The molecular weight excluding hydrogens is 418 g/mol. The zero-order chi connectivity index (χ0) is 23.2. The second-order valence-corrected chi connectivity index (χ2v) is 8.66. The zero-order valence-corrected chi connectivity index (χ0v) is 18.6. The van der Waals surface area contributed by atoms with Crippen LogP contribution in [-0.4, -0.2) is 31.8 Å². The first-order chi connectivity index (χ1) is 15.8. The minimum atomic E-state index is -1.14. The van der Waals surface area contributed by atoms with Crippen molar-refractivity contribution in [2.45, 2.75) is 45.2 Å². The summed E-state index contributed by atoms with van der Waals surface area (Å²) in [5, 5.41) is 5.97. The highest BCUT2D eigenvalue weighted by molar-refractivity contribution is 6.07. The number of nitrogens with zero attached hydrogens (tertiary/aromatic N) is 4. The summed E-state index contributed by atoms with van der Waals surface area (Å²) in [6.07, 6.45) is 3.16. The molecule has 1 saturated heterocycles.